The number of aliphatic hydroxyl groups is 2. The molecule has 0 spiro atoms. The van der Waals surface area contributed by atoms with Crippen molar-refractivity contribution in [3.8, 4) is 0 Å². The molecule has 0 aliphatic carbocycles. The van der Waals surface area contributed by atoms with Crippen LogP contribution in [0, 0.1) is 0 Å². The van der Waals surface area contributed by atoms with Crippen LogP contribution in [0.1, 0.15) is 11.8 Å². The van der Waals surface area contributed by atoms with Gasteiger partial charge in [-0.15, -0.1) is 0 Å². The maximum Gasteiger partial charge on any atom is 0.296 e. The van der Waals surface area contributed by atoms with Gasteiger partial charge >= 0.3 is 0 Å². The van der Waals surface area contributed by atoms with Gasteiger partial charge in [-0.05, 0) is 0 Å². The maximum atomic E-state index is 14.8. The number of benzene rings is 1. The van der Waals surface area contributed by atoms with Gasteiger partial charge in [0.15, 0.2) is 29.3 Å². The average Bonchev–Trinajstić information content (AvgIpc) is 3.39. The number of aliphatic hydroxyl groups excluding tert-OH is 2. The maximum absolute atomic E-state index is 14.8. The van der Waals surface area contributed by atoms with E-state index in [1.165, 1.54) is 41.5 Å². The van der Waals surface area contributed by atoms with Crippen LogP contribution in [0.3, 0.4) is 0 Å². The normalized spacial score (nSPS) is 23.7. The first kappa shape index (κ1) is 23.9. The minimum Gasteiger partial charge on any atom is -0.394 e. The van der Waals surface area contributed by atoms with Gasteiger partial charge in [-0.3, -0.25) is 9.36 Å². The number of nitrogens with zero attached hydrogens (tertiary/aromatic N) is 5. The Morgan fingerprint density at radius 3 is 2.65 bits per heavy atom. The predicted molar refractivity (Wildman–Crippen MR) is 117 cm³/mol. The van der Waals surface area contributed by atoms with E-state index in [1.54, 1.807) is 25.1 Å². The van der Waals surface area contributed by atoms with Gasteiger partial charge in [0.05, 0.1) is 19.0 Å². The number of nitrogens with two attached hydrogens (primary N) is 1. The van der Waals surface area contributed by atoms with Gasteiger partial charge in [0, 0.05) is 19.7 Å². The highest BCUT2D eigenvalue weighted by Crippen LogP contribution is 2.34. The number of ether oxygens (including phenoxy) is 1. The first-order valence-corrected chi connectivity index (χ1v) is 10.4. The van der Waals surface area contributed by atoms with Crippen molar-refractivity contribution in [2.75, 3.05) is 25.6 Å². The second-order valence-electron chi connectivity index (χ2n) is 8.16. The van der Waals surface area contributed by atoms with E-state index < -0.39 is 54.5 Å². The monoisotopic (exact) mass is 477 g/mol. The van der Waals surface area contributed by atoms with Crippen LogP contribution >= 0.6 is 0 Å². The Balaban J connectivity index is 1.57. The molecule has 13 heteroatoms. The standard InChI is InChI=1S/C21H25F2N7O4/c1-29(2)17-14-18(26-9-25-17)30(10-27-14)20-15(32)13(12(8-31)34-20)28-19(33)16(24)21(22,23)11-6-4-3-5-7-11/h3-7,9-10,12-13,15-16,20,31-32H,8,24H2,1-2H3,(H,28,33)/t12-,13-,15-,16-,20-/m1/s1. The van der Waals surface area contributed by atoms with E-state index >= 15 is 0 Å². The lowest BCUT2D eigenvalue weighted by atomic mass is 10.00. The van der Waals surface area contributed by atoms with Crippen LogP contribution in [0.5, 0.6) is 0 Å². The van der Waals surface area contributed by atoms with E-state index in [0.29, 0.717) is 17.0 Å². The number of nitrogens with one attached hydrogen (secondary N) is 1. The zero-order chi connectivity index (χ0) is 24.6. The van der Waals surface area contributed by atoms with E-state index in [2.05, 4.69) is 20.3 Å². The smallest absolute Gasteiger partial charge is 0.296 e. The van der Waals surface area contributed by atoms with E-state index in [4.69, 9.17) is 10.5 Å². The lowest BCUT2D eigenvalue weighted by Gasteiger charge is -2.27. The molecule has 11 nitrogen and oxygen atoms in total. The summed E-state index contributed by atoms with van der Waals surface area (Å²) < 4.78 is 36.7. The Labute approximate surface area is 193 Å². The van der Waals surface area contributed by atoms with Gasteiger partial charge in [-0.25, -0.2) is 15.0 Å². The minimum atomic E-state index is -3.66. The van der Waals surface area contributed by atoms with Crippen LogP contribution in [-0.4, -0.2) is 80.6 Å². The molecule has 1 fully saturated rings. The Morgan fingerprint density at radius 1 is 1.29 bits per heavy atom. The molecular weight excluding hydrogens is 452 g/mol. The number of fused-ring (bicyclic) bond motifs is 1. The van der Waals surface area contributed by atoms with Gasteiger partial charge in [-0.2, -0.15) is 8.78 Å². The molecule has 4 rings (SSSR count). The summed E-state index contributed by atoms with van der Waals surface area (Å²) in [4.78, 5) is 27.0. The predicted octanol–water partition coefficient (Wildman–Crippen LogP) is -0.253. The van der Waals surface area contributed by atoms with E-state index in [0.717, 1.165) is 0 Å². The van der Waals surface area contributed by atoms with Crippen LogP contribution in [0.15, 0.2) is 43.0 Å². The van der Waals surface area contributed by atoms with E-state index in [1.807, 2.05) is 0 Å². The van der Waals surface area contributed by atoms with Gasteiger partial charge < -0.3 is 30.9 Å². The molecular formula is C21H25F2N7O4. The fourth-order valence-corrected chi connectivity index (χ4v) is 3.92. The molecule has 1 amide bonds. The van der Waals surface area contributed by atoms with Gasteiger partial charge in [0.1, 0.15) is 18.5 Å². The molecule has 5 atom stereocenters. The second kappa shape index (κ2) is 9.18. The molecule has 0 saturated carbocycles. The van der Waals surface area contributed by atoms with Crippen molar-refractivity contribution in [1.82, 2.24) is 24.8 Å². The first-order valence-electron chi connectivity index (χ1n) is 10.4. The lowest BCUT2D eigenvalue weighted by Crippen LogP contribution is -2.57. The summed E-state index contributed by atoms with van der Waals surface area (Å²) in [5.74, 6) is -4.33. The third-order valence-corrected chi connectivity index (χ3v) is 5.73. The summed E-state index contributed by atoms with van der Waals surface area (Å²) in [5.41, 5.74) is 5.98. The SMILES string of the molecule is CN(C)c1ncnc2c1ncn2[C@@H]1O[C@H](CO)[C@@H](NC(=O)[C@@H](N)C(F)(F)c2ccccc2)[C@H]1O. The van der Waals surface area contributed by atoms with Crippen molar-refractivity contribution >= 4 is 22.9 Å². The molecule has 0 bridgehead atoms. The molecule has 1 aromatic carbocycles. The Bertz CT molecular complexity index is 1160. The lowest BCUT2D eigenvalue weighted by molar-refractivity contribution is -0.134. The Morgan fingerprint density at radius 2 is 2.00 bits per heavy atom. The average molecular weight is 477 g/mol. The number of aromatic nitrogens is 4. The molecule has 34 heavy (non-hydrogen) atoms. The zero-order valence-corrected chi connectivity index (χ0v) is 18.4. The number of hydrogen-bond donors (Lipinski definition) is 4. The fraction of sp³-hybridized carbons (Fsp3) is 0.429. The number of carbonyl (C=O) groups is 1. The molecule has 1 aliphatic rings. The summed E-state index contributed by atoms with van der Waals surface area (Å²) in [7, 11) is 3.56. The van der Waals surface area contributed by atoms with Gasteiger partial charge in [0.2, 0.25) is 5.91 Å². The zero-order valence-electron chi connectivity index (χ0n) is 18.4. The molecule has 1 aliphatic heterocycles. The summed E-state index contributed by atoms with van der Waals surface area (Å²) in [6, 6.07) is 3.28. The third-order valence-electron chi connectivity index (χ3n) is 5.73. The summed E-state index contributed by atoms with van der Waals surface area (Å²) in [6.07, 6.45) is -0.912. The Kier molecular flexibility index (Phi) is 6.45. The van der Waals surface area contributed by atoms with Gasteiger partial charge in [-0.1, -0.05) is 30.3 Å². The van der Waals surface area contributed by atoms with Crippen LogP contribution in [-0.2, 0) is 15.5 Å². The van der Waals surface area contributed by atoms with E-state index in [9.17, 15) is 23.8 Å². The number of hydrogen-bond acceptors (Lipinski definition) is 9. The van der Waals surface area contributed by atoms with Crippen LogP contribution < -0.4 is 16.0 Å². The van der Waals surface area contributed by atoms with Crippen molar-refractivity contribution in [3.63, 3.8) is 0 Å². The van der Waals surface area contributed by atoms with Crippen molar-refractivity contribution in [2.24, 2.45) is 5.73 Å². The number of imidazole rings is 1. The molecule has 1 saturated heterocycles. The highest BCUT2D eigenvalue weighted by atomic mass is 19.3. The molecule has 2 aromatic heterocycles. The number of anilines is 1. The molecule has 3 heterocycles. The first-order chi connectivity index (χ1) is 16.2. The van der Waals surface area contributed by atoms with Crippen molar-refractivity contribution in [1.29, 1.82) is 0 Å². The van der Waals surface area contributed by atoms with E-state index in [-0.39, 0.29) is 0 Å². The highest BCUT2D eigenvalue weighted by Gasteiger charge is 2.49. The van der Waals surface area contributed by atoms with Gasteiger partial charge in [0.25, 0.3) is 5.92 Å². The fourth-order valence-electron chi connectivity index (χ4n) is 3.92. The largest absolute Gasteiger partial charge is 0.394 e. The number of amides is 1. The van der Waals surface area contributed by atoms with Crippen molar-refractivity contribution in [2.45, 2.75) is 36.4 Å². The number of carbonyl (C=O) groups excluding carboxylic acids is 1. The quantitative estimate of drug-likeness (QED) is 0.361. The molecule has 0 radical (unpaired) electrons. The van der Waals surface area contributed by atoms with Crippen LogP contribution in [0.2, 0.25) is 0 Å². The topological polar surface area (TPSA) is 152 Å². The summed E-state index contributed by atoms with van der Waals surface area (Å²) >= 11 is 0. The second-order valence-corrected chi connectivity index (χ2v) is 8.16. The van der Waals surface area contributed by atoms with Crippen molar-refractivity contribution < 1.29 is 28.5 Å². The highest BCUT2D eigenvalue weighted by molar-refractivity contribution is 5.84. The van der Waals surface area contributed by atoms with Crippen LogP contribution in [0.4, 0.5) is 14.6 Å². The molecule has 0 unspecified atom stereocenters. The van der Waals surface area contributed by atoms with Crippen molar-refractivity contribution in [3.05, 3.63) is 48.5 Å². The van der Waals surface area contributed by atoms with Crippen LogP contribution in [0.25, 0.3) is 11.2 Å². The number of halogens is 2. The number of rotatable bonds is 7. The minimum absolute atomic E-state index is 0.346. The molecule has 182 valence electrons. The summed E-state index contributed by atoms with van der Waals surface area (Å²) in [5, 5.41) is 23.0. The third kappa shape index (κ3) is 4.07. The number of alkyl halides is 2. The molecule has 3 aromatic rings. The molecule has 5 N–H and O–H groups in total. The summed E-state index contributed by atoms with van der Waals surface area (Å²) in [6.45, 7) is -0.590. The Hall–Kier alpha value is -3.26.